The van der Waals surface area contributed by atoms with Gasteiger partial charge in [0.25, 0.3) is 0 Å². The van der Waals surface area contributed by atoms with Crippen molar-refractivity contribution in [3.63, 3.8) is 0 Å². The third kappa shape index (κ3) is 4.14. The Balaban J connectivity index is 1.69. The van der Waals surface area contributed by atoms with Gasteiger partial charge in [-0.15, -0.1) is 0 Å². The predicted molar refractivity (Wildman–Crippen MR) is 82.5 cm³/mol. The summed E-state index contributed by atoms with van der Waals surface area (Å²) in [5.74, 6) is 3.35. The summed E-state index contributed by atoms with van der Waals surface area (Å²) < 4.78 is 11.1. The summed E-state index contributed by atoms with van der Waals surface area (Å²) in [5.41, 5.74) is 0. The Morgan fingerprint density at radius 2 is 1.90 bits per heavy atom. The van der Waals surface area contributed by atoms with Gasteiger partial charge in [-0.2, -0.15) is 0 Å². The van der Waals surface area contributed by atoms with Crippen LogP contribution >= 0.6 is 0 Å². The summed E-state index contributed by atoms with van der Waals surface area (Å²) in [6.45, 7) is 9.08. The van der Waals surface area contributed by atoms with E-state index in [9.17, 15) is 0 Å². The molecule has 112 valence electrons. The zero-order chi connectivity index (χ0) is 14.4. The minimum Gasteiger partial charge on any atom is -0.493 e. The fourth-order valence-electron chi connectivity index (χ4n) is 2.76. The van der Waals surface area contributed by atoms with E-state index in [0.717, 1.165) is 42.9 Å². The van der Waals surface area contributed by atoms with Crippen LogP contribution in [0.4, 0.5) is 0 Å². The van der Waals surface area contributed by atoms with Gasteiger partial charge in [0, 0.05) is 13.1 Å². The first-order valence-corrected chi connectivity index (χ1v) is 7.69. The number of para-hydroxylation sites is 2. The molecular weight excluding hydrogens is 250 g/mol. The number of benzene rings is 1. The lowest BCUT2D eigenvalue weighted by molar-refractivity contribution is 0.130. The summed E-state index contributed by atoms with van der Waals surface area (Å²) in [6, 6.07) is 7.83. The molecule has 20 heavy (non-hydrogen) atoms. The van der Waals surface area contributed by atoms with E-state index in [1.807, 2.05) is 24.3 Å². The van der Waals surface area contributed by atoms with Crippen LogP contribution in [0.15, 0.2) is 24.3 Å². The van der Waals surface area contributed by atoms with Gasteiger partial charge in [-0.3, -0.25) is 0 Å². The van der Waals surface area contributed by atoms with Crippen molar-refractivity contribution in [2.45, 2.75) is 26.7 Å². The quantitative estimate of drug-likeness (QED) is 0.743. The van der Waals surface area contributed by atoms with E-state index in [2.05, 4.69) is 18.7 Å². The topological polar surface area (TPSA) is 21.7 Å². The molecule has 1 aromatic rings. The lowest BCUT2D eigenvalue weighted by atomic mass is 9.89. The maximum atomic E-state index is 5.82. The van der Waals surface area contributed by atoms with Crippen molar-refractivity contribution in [3.8, 4) is 11.5 Å². The number of nitrogens with zero attached hydrogens (tertiary/aromatic N) is 1. The maximum Gasteiger partial charge on any atom is 0.161 e. The molecule has 3 nitrogen and oxygen atoms in total. The molecular formula is C17H27NO2. The number of hydrogen-bond acceptors (Lipinski definition) is 3. The van der Waals surface area contributed by atoms with Gasteiger partial charge in [-0.25, -0.2) is 0 Å². The van der Waals surface area contributed by atoms with Crippen molar-refractivity contribution in [3.05, 3.63) is 24.3 Å². The summed E-state index contributed by atoms with van der Waals surface area (Å²) in [4.78, 5) is 2.57. The predicted octanol–water partition coefficient (Wildman–Crippen LogP) is 3.44. The molecule has 2 atom stereocenters. The van der Waals surface area contributed by atoms with E-state index in [4.69, 9.17) is 9.47 Å². The molecule has 0 bridgehead atoms. The van der Waals surface area contributed by atoms with Crippen LogP contribution in [-0.4, -0.2) is 38.3 Å². The number of methoxy groups -OCH3 is 1. The highest BCUT2D eigenvalue weighted by atomic mass is 16.5. The van der Waals surface area contributed by atoms with E-state index in [1.165, 1.54) is 19.5 Å². The SMILES string of the molecule is COc1ccccc1OCCCN1CC[C@@H](C)[C@@H](C)C1. The van der Waals surface area contributed by atoms with Crippen molar-refractivity contribution in [1.29, 1.82) is 0 Å². The van der Waals surface area contributed by atoms with E-state index in [0.29, 0.717) is 0 Å². The molecule has 3 heteroatoms. The average molecular weight is 277 g/mol. The van der Waals surface area contributed by atoms with Crippen LogP contribution < -0.4 is 9.47 Å². The van der Waals surface area contributed by atoms with Crippen LogP contribution in [0.5, 0.6) is 11.5 Å². The monoisotopic (exact) mass is 277 g/mol. The van der Waals surface area contributed by atoms with Gasteiger partial charge in [-0.05, 0) is 43.4 Å². The Morgan fingerprint density at radius 1 is 1.15 bits per heavy atom. The van der Waals surface area contributed by atoms with Crippen molar-refractivity contribution < 1.29 is 9.47 Å². The second kappa shape index (κ2) is 7.53. The molecule has 1 aromatic carbocycles. The highest BCUT2D eigenvalue weighted by molar-refractivity contribution is 5.39. The molecule has 0 spiro atoms. The van der Waals surface area contributed by atoms with Gasteiger partial charge >= 0.3 is 0 Å². The molecule has 1 aliphatic heterocycles. The Kier molecular flexibility index (Phi) is 5.72. The molecule has 1 aliphatic rings. The number of piperidine rings is 1. The summed E-state index contributed by atoms with van der Waals surface area (Å²) in [7, 11) is 1.68. The summed E-state index contributed by atoms with van der Waals surface area (Å²) in [6.07, 6.45) is 2.40. The van der Waals surface area contributed by atoms with Gasteiger partial charge < -0.3 is 14.4 Å². The zero-order valence-electron chi connectivity index (χ0n) is 13.0. The van der Waals surface area contributed by atoms with Gasteiger partial charge in [0.15, 0.2) is 11.5 Å². The second-order valence-corrected chi connectivity index (χ2v) is 5.90. The Bertz CT molecular complexity index is 408. The van der Waals surface area contributed by atoms with Gasteiger partial charge in [0.2, 0.25) is 0 Å². The van der Waals surface area contributed by atoms with Gasteiger partial charge in [-0.1, -0.05) is 26.0 Å². The van der Waals surface area contributed by atoms with Crippen molar-refractivity contribution >= 4 is 0 Å². The lowest BCUT2D eigenvalue weighted by Gasteiger charge is -2.35. The van der Waals surface area contributed by atoms with E-state index >= 15 is 0 Å². The Labute approximate surface area is 122 Å². The van der Waals surface area contributed by atoms with Crippen molar-refractivity contribution in [2.75, 3.05) is 33.4 Å². The van der Waals surface area contributed by atoms with E-state index in [1.54, 1.807) is 7.11 Å². The molecule has 0 aliphatic carbocycles. The first-order valence-electron chi connectivity index (χ1n) is 7.69. The average Bonchev–Trinajstić information content (AvgIpc) is 2.47. The van der Waals surface area contributed by atoms with Gasteiger partial charge in [0.05, 0.1) is 13.7 Å². The van der Waals surface area contributed by atoms with E-state index in [-0.39, 0.29) is 0 Å². The number of ether oxygens (including phenoxy) is 2. The smallest absolute Gasteiger partial charge is 0.161 e. The van der Waals surface area contributed by atoms with Crippen LogP contribution in [0.25, 0.3) is 0 Å². The van der Waals surface area contributed by atoms with Crippen LogP contribution in [0, 0.1) is 11.8 Å². The number of likely N-dealkylation sites (tertiary alicyclic amines) is 1. The molecule has 1 saturated heterocycles. The van der Waals surface area contributed by atoms with Crippen molar-refractivity contribution in [1.82, 2.24) is 4.90 Å². The number of hydrogen-bond donors (Lipinski definition) is 0. The first kappa shape index (κ1) is 15.2. The van der Waals surface area contributed by atoms with Crippen LogP contribution in [0.1, 0.15) is 26.7 Å². The minimum atomic E-state index is 0.751. The largest absolute Gasteiger partial charge is 0.493 e. The highest BCUT2D eigenvalue weighted by Crippen LogP contribution is 2.26. The van der Waals surface area contributed by atoms with Crippen LogP contribution in [0.2, 0.25) is 0 Å². The van der Waals surface area contributed by atoms with Crippen LogP contribution in [-0.2, 0) is 0 Å². The third-order valence-corrected chi connectivity index (χ3v) is 4.36. The fourth-order valence-corrected chi connectivity index (χ4v) is 2.76. The molecule has 0 N–H and O–H groups in total. The standard InChI is InChI=1S/C17H27NO2/c1-14-9-11-18(13-15(14)2)10-6-12-20-17-8-5-4-7-16(17)19-3/h4-5,7-8,14-15H,6,9-13H2,1-3H3/t14-,15+/m1/s1. The molecule has 0 amide bonds. The fraction of sp³-hybridized carbons (Fsp3) is 0.647. The van der Waals surface area contributed by atoms with Crippen LogP contribution in [0.3, 0.4) is 0 Å². The zero-order valence-corrected chi connectivity index (χ0v) is 13.0. The Hall–Kier alpha value is -1.22. The molecule has 0 saturated carbocycles. The lowest BCUT2D eigenvalue weighted by Crippen LogP contribution is -2.39. The maximum absolute atomic E-state index is 5.82. The first-order chi connectivity index (χ1) is 9.70. The summed E-state index contributed by atoms with van der Waals surface area (Å²) >= 11 is 0. The molecule has 1 heterocycles. The highest BCUT2D eigenvalue weighted by Gasteiger charge is 2.21. The number of rotatable bonds is 6. The molecule has 0 radical (unpaired) electrons. The molecule has 2 rings (SSSR count). The molecule has 0 unspecified atom stereocenters. The molecule has 0 aromatic heterocycles. The minimum absolute atomic E-state index is 0.751. The third-order valence-electron chi connectivity index (χ3n) is 4.36. The van der Waals surface area contributed by atoms with E-state index < -0.39 is 0 Å². The molecule has 1 fully saturated rings. The van der Waals surface area contributed by atoms with Crippen molar-refractivity contribution in [2.24, 2.45) is 11.8 Å². The normalized spacial score (nSPS) is 23.6. The second-order valence-electron chi connectivity index (χ2n) is 5.90. The Morgan fingerprint density at radius 3 is 2.60 bits per heavy atom. The summed E-state index contributed by atoms with van der Waals surface area (Å²) in [5, 5.41) is 0. The van der Waals surface area contributed by atoms with Gasteiger partial charge in [0.1, 0.15) is 0 Å².